The molecule has 4 rings (SSSR count). The van der Waals surface area contributed by atoms with E-state index in [-0.39, 0.29) is 6.04 Å². The van der Waals surface area contributed by atoms with Gasteiger partial charge < -0.3 is 4.52 Å². The minimum absolute atomic E-state index is 0.288. The lowest BCUT2D eigenvalue weighted by molar-refractivity contribution is 0.385. The largest absolute Gasteiger partial charge is 0.359 e. The Morgan fingerprint density at radius 2 is 2.14 bits per heavy atom. The molecule has 108 valence electrons. The number of hydrogen-bond acceptors (Lipinski definition) is 4. The lowest BCUT2D eigenvalue weighted by Crippen LogP contribution is -2.02. The van der Waals surface area contributed by atoms with Crippen LogP contribution in [-0.2, 0) is 0 Å². The van der Waals surface area contributed by atoms with E-state index >= 15 is 0 Å². The van der Waals surface area contributed by atoms with Crippen molar-refractivity contribution >= 4 is 33.5 Å². The highest BCUT2D eigenvalue weighted by Gasteiger charge is 2.32. The van der Waals surface area contributed by atoms with Gasteiger partial charge in [-0.1, -0.05) is 5.16 Å². The van der Waals surface area contributed by atoms with Crippen molar-refractivity contribution in [2.24, 2.45) is 0 Å². The molecule has 5 nitrogen and oxygen atoms in total. The van der Waals surface area contributed by atoms with Crippen LogP contribution in [0.1, 0.15) is 44.4 Å². The van der Waals surface area contributed by atoms with Gasteiger partial charge in [-0.05, 0) is 55.3 Å². The number of halogens is 1. The van der Waals surface area contributed by atoms with Gasteiger partial charge in [0.25, 0.3) is 0 Å². The molecule has 3 aromatic rings. The standard InChI is InChI=1S/C15H15IN4O/c1-8(2)20-11-5-6-17-7-10(11)13(18-20)14-12(16)15(21-19-14)9-3-4-9/h5-9H,3-4H2,1-2H3. The predicted octanol–water partition coefficient (Wildman–Crippen LogP) is 4.15. The van der Waals surface area contributed by atoms with Crippen LogP contribution in [-0.4, -0.2) is 19.9 Å². The van der Waals surface area contributed by atoms with Crippen LogP contribution in [0, 0.1) is 3.57 Å². The summed E-state index contributed by atoms with van der Waals surface area (Å²) in [5.74, 6) is 1.57. The highest BCUT2D eigenvalue weighted by atomic mass is 127. The fourth-order valence-corrected chi connectivity index (χ4v) is 3.48. The third kappa shape index (κ3) is 2.07. The molecule has 1 aliphatic rings. The van der Waals surface area contributed by atoms with Gasteiger partial charge in [0.1, 0.15) is 11.4 Å². The van der Waals surface area contributed by atoms with Crippen LogP contribution >= 0.6 is 22.6 Å². The Hall–Kier alpha value is -1.44. The van der Waals surface area contributed by atoms with Crippen LogP contribution in [0.5, 0.6) is 0 Å². The third-order valence-electron chi connectivity index (χ3n) is 3.83. The maximum atomic E-state index is 5.57. The van der Waals surface area contributed by atoms with E-state index in [0.29, 0.717) is 5.92 Å². The number of rotatable bonds is 3. The first-order valence-corrected chi connectivity index (χ1v) is 8.22. The highest BCUT2D eigenvalue weighted by molar-refractivity contribution is 14.1. The molecule has 21 heavy (non-hydrogen) atoms. The van der Waals surface area contributed by atoms with Crippen molar-refractivity contribution in [3.8, 4) is 11.4 Å². The summed E-state index contributed by atoms with van der Waals surface area (Å²) < 4.78 is 8.68. The molecule has 1 fully saturated rings. The molecule has 0 N–H and O–H groups in total. The summed E-state index contributed by atoms with van der Waals surface area (Å²) >= 11 is 2.33. The summed E-state index contributed by atoms with van der Waals surface area (Å²) in [6.45, 7) is 4.25. The first-order chi connectivity index (χ1) is 10.2. The molecule has 0 atom stereocenters. The first kappa shape index (κ1) is 13.2. The summed E-state index contributed by atoms with van der Waals surface area (Å²) in [6, 6.07) is 2.29. The molecule has 3 heterocycles. The molecular formula is C15H15IN4O. The van der Waals surface area contributed by atoms with Gasteiger partial charge in [0.15, 0.2) is 5.76 Å². The van der Waals surface area contributed by atoms with Crippen molar-refractivity contribution in [1.82, 2.24) is 19.9 Å². The minimum atomic E-state index is 0.288. The van der Waals surface area contributed by atoms with Crippen LogP contribution in [0.3, 0.4) is 0 Å². The van der Waals surface area contributed by atoms with Crippen molar-refractivity contribution in [3.63, 3.8) is 0 Å². The van der Waals surface area contributed by atoms with Gasteiger partial charge >= 0.3 is 0 Å². The van der Waals surface area contributed by atoms with Crippen molar-refractivity contribution in [3.05, 3.63) is 27.8 Å². The molecule has 6 heteroatoms. The number of hydrogen-bond donors (Lipinski definition) is 0. The molecule has 1 aliphatic carbocycles. The Morgan fingerprint density at radius 1 is 1.33 bits per heavy atom. The van der Waals surface area contributed by atoms with E-state index in [1.54, 1.807) is 6.20 Å². The second-order valence-corrected chi connectivity index (χ2v) is 6.84. The molecule has 0 aliphatic heterocycles. The normalized spacial score (nSPS) is 15.2. The van der Waals surface area contributed by atoms with Crippen molar-refractivity contribution in [2.75, 3.05) is 0 Å². The Balaban J connectivity index is 1.94. The van der Waals surface area contributed by atoms with Gasteiger partial charge in [-0.15, -0.1) is 0 Å². The molecule has 1 saturated carbocycles. The molecular weight excluding hydrogens is 379 g/mol. The quantitative estimate of drug-likeness (QED) is 0.627. The zero-order valence-corrected chi connectivity index (χ0v) is 14.0. The molecule has 0 amide bonds. The van der Waals surface area contributed by atoms with E-state index < -0.39 is 0 Å². The minimum Gasteiger partial charge on any atom is -0.359 e. The fourth-order valence-electron chi connectivity index (χ4n) is 2.59. The van der Waals surface area contributed by atoms with Gasteiger partial charge in [0, 0.05) is 29.7 Å². The average Bonchev–Trinajstić information content (AvgIpc) is 3.14. The van der Waals surface area contributed by atoms with Gasteiger partial charge in [-0.25, -0.2) is 0 Å². The van der Waals surface area contributed by atoms with Crippen LogP contribution in [0.4, 0.5) is 0 Å². The number of pyridine rings is 1. The highest BCUT2D eigenvalue weighted by Crippen LogP contribution is 2.44. The zero-order chi connectivity index (χ0) is 14.6. The SMILES string of the molecule is CC(C)n1nc(-c2noc(C3CC3)c2I)c2cnccc21. The van der Waals surface area contributed by atoms with Crippen LogP contribution in [0.15, 0.2) is 23.0 Å². The van der Waals surface area contributed by atoms with E-state index in [4.69, 9.17) is 9.62 Å². The zero-order valence-electron chi connectivity index (χ0n) is 11.9. The maximum absolute atomic E-state index is 5.57. The lowest BCUT2D eigenvalue weighted by atomic mass is 10.2. The number of aromatic nitrogens is 4. The van der Waals surface area contributed by atoms with Crippen molar-refractivity contribution in [1.29, 1.82) is 0 Å². The van der Waals surface area contributed by atoms with Crippen LogP contribution in [0.25, 0.3) is 22.3 Å². The van der Waals surface area contributed by atoms with E-state index in [1.165, 1.54) is 12.8 Å². The lowest BCUT2D eigenvalue weighted by Gasteiger charge is -2.05. The molecule has 0 saturated heterocycles. The van der Waals surface area contributed by atoms with E-state index in [2.05, 4.69) is 46.6 Å². The van der Waals surface area contributed by atoms with Gasteiger partial charge in [0.05, 0.1) is 9.09 Å². The predicted molar refractivity (Wildman–Crippen MR) is 88.1 cm³/mol. The first-order valence-electron chi connectivity index (χ1n) is 7.14. The Morgan fingerprint density at radius 3 is 2.86 bits per heavy atom. The van der Waals surface area contributed by atoms with E-state index in [0.717, 1.165) is 31.6 Å². The topological polar surface area (TPSA) is 56.7 Å². The summed E-state index contributed by atoms with van der Waals surface area (Å²) in [7, 11) is 0. The van der Waals surface area contributed by atoms with Gasteiger partial charge in [-0.2, -0.15) is 5.10 Å². The van der Waals surface area contributed by atoms with Crippen molar-refractivity contribution in [2.45, 2.75) is 38.6 Å². The van der Waals surface area contributed by atoms with Crippen molar-refractivity contribution < 1.29 is 4.52 Å². The third-order valence-corrected chi connectivity index (χ3v) is 4.87. The molecule has 0 spiro atoms. The molecule has 0 unspecified atom stereocenters. The van der Waals surface area contributed by atoms with Crippen LogP contribution in [0.2, 0.25) is 0 Å². The number of nitrogens with zero attached hydrogens (tertiary/aromatic N) is 4. The Bertz CT molecular complexity index is 816. The van der Waals surface area contributed by atoms with Crippen LogP contribution < -0.4 is 0 Å². The smallest absolute Gasteiger partial charge is 0.153 e. The summed E-state index contributed by atoms with van der Waals surface area (Å²) in [4.78, 5) is 4.24. The Kier molecular flexibility index (Phi) is 3.02. The van der Waals surface area contributed by atoms with E-state index in [1.807, 2.05) is 16.9 Å². The van der Waals surface area contributed by atoms with Gasteiger partial charge in [-0.3, -0.25) is 9.67 Å². The molecule has 3 aromatic heterocycles. The summed E-state index contributed by atoms with van der Waals surface area (Å²) in [5.41, 5.74) is 2.79. The van der Waals surface area contributed by atoms with E-state index in [9.17, 15) is 0 Å². The second-order valence-electron chi connectivity index (χ2n) is 5.76. The summed E-state index contributed by atoms with van der Waals surface area (Å²) in [5, 5.41) is 10.1. The average molecular weight is 394 g/mol. The maximum Gasteiger partial charge on any atom is 0.153 e. The summed E-state index contributed by atoms with van der Waals surface area (Å²) in [6.07, 6.45) is 6.06. The molecule has 0 radical (unpaired) electrons. The van der Waals surface area contributed by atoms with Gasteiger partial charge in [0.2, 0.25) is 0 Å². The monoisotopic (exact) mass is 394 g/mol. The molecule has 0 bridgehead atoms. The Labute approximate surface area is 135 Å². The fraction of sp³-hybridized carbons (Fsp3) is 0.400. The second kappa shape index (κ2) is 4.79. The molecule has 0 aromatic carbocycles. The number of fused-ring (bicyclic) bond motifs is 1.